The largest absolute Gasteiger partial charge is 0.480 e. The van der Waals surface area contributed by atoms with Crippen LogP contribution in [0.2, 0.25) is 0 Å². The number of hydrogen-bond donors (Lipinski definition) is 2. The van der Waals surface area contributed by atoms with E-state index in [-0.39, 0.29) is 24.4 Å². The Morgan fingerprint density at radius 1 is 1.32 bits per heavy atom. The van der Waals surface area contributed by atoms with Crippen molar-refractivity contribution in [3.8, 4) is 0 Å². The van der Waals surface area contributed by atoms with Gasteiger partial charge in [0.1, 0.15) is 6.04 Å². The number of rotatable bonds is 1. The van der Waals surface area contributed by atoms with E-state index in [2.05, 4.69) is 13.8 Å². The number of amides is 2. The topological polar surface area (TPSA) is 81.1 Å². The third-order valence-electron chi connectivity index (χ3n) is 3.98. The molecule has 0 saturated carbocycles. The van der Waals surface area contributed by atoms with Crippen molar-refractivity contribution in [2.45, 2.75) is 45.3 Å². The number of carboxylic acid groups (broad SMARTS) is 1. The van der Waals surface area contributed by atoms with Gasteiger partial charge in [0.25, 0.3) is 0 Å². The van der Waals surface area contributed by atoms with Crippen molar-refractivity contribution in [2.75, 3.05) is 19.6 Å². The Morgan fingerprint density at radius 3 is 2.58 bits per heavy atom. The quantitative estimate of drug-likeness (QED) is 0.736. The first-order valence-corrected chi connectivity index (χ1v) is 6.76. The smallest absolute Gasteiger partial charge is 0.326 e. The number of hydrogen-bond acceptors (Lipinski definition) is 3. The zero-order chi connectivity index (χ0) is 14.2. The molecule has 2 heterocycles. The normalized spacial score (nSPS) is 30.5. The van der Waals surface area contributed by atoms with Gasteiger partial charge in [0, 0.05) is 26.1 Å². The van der Waals surface area contributed by atoms with E-state index in [0.29, 0.717) is 13.1 Å². The molecule has 0 radical (unpaired) electrons. The number of β-amino-alcohol motifs (C(OH)–C–C–N with tert-alkyl or cyclic N) is 1. The van der Waals surface area contributed by atoms with Crippen molar-refractivity contribution in [3.05, 3.63) is 0 Å². The standard InChI is InChI=1S/C13H22N2O4/c1-13(2)4-3-5-14(8-13)12(19)15-7-9(16)6-10(15)11(17)18/h9-10,16H,3-8H2,1-2H3,(H,17,18)/t9-,10-/m1/s1. The van der Waals surface area contributed by atoms with Crippen LogP contribution in [-0.2, 0) is 4.79 Å². The van der Waals surface area contributed by atoms with E-state index in [9.17, 15) is 14.7 Å². The van der Waals surface area contributed by atoms with E-state index in [4.69, 9.17) is 5.11 Å². The Bertz CT molecular complexity index is 383. The van der Waals surface area contributed by atoms with Gasteiger partial charge in [-0.15, -0.1) is 0 Å². The Balaban J connectivity index is 2.08. The van der Waals surface area contributed by atoms with Crippen LogP contribution in [0.25, 0.3) is 0 Å². The zero-order valence-corrected chi connectivity index (χ0v) is 11.5. The van der Waals surface area contributed by atoms with Crippen LogP contribution in [0.3, 0.4) is 0 Å². The number of piperidine rings is 1. The number of carboxylic acids is 1. The summed E-state index contributed by atoms with van der Waals surface area (Å²) in [6, 6.07) is -1.15. The van der Waals surface area contributed by atoms with Crippen LogP contribution in [0.1, 0.15) is 33.1 Å². The number of aliphatic hydroxyl groups is 1. The van der Waals surface area contributed by atoms with Gasteiger partial charge in [-0.05, 0) is 18.3 Å². The Labute approximate surface area is 113 Å². The molecule has 2 N–H and O–H groups in total. The van der Waals surface area contributed by atoms with Crippen LogP contribution >= 0.6 is 0 Å². The van der Waals surface area contributed by atoms with E-state index >= 15 is 0 Å². The first kappa shape index (κ1) is 14.1. The summed E-state index contributed by atoms with van der Waals surface area (Å²) in [6.07, 6.45) is 1.40. The number of carbonyl (C=O) groups is 2. The van der Waals surface area contributed by atoms with E-state index in [1.807, 2.05) is 0 Å². The molecule has 0 unspecified atom stereocenters. The number of carbonyl (C=O) groups excluding carboxylic acids is 1. The summed E-state index contributed by atoms with van der Waals surface area (Å²) < 4.78 is 0. The van der Waals surface area contributed by atoms with Gasteiger partial charge in [0.15, 0.2) is 0 Å². The molecule has 0 spiro atoms. The van der Waals surface area contributed by atoms with Gasteiger partial charge in [-0.3, -0.25) is 0 Å². The van der Waals surface area contributed by atoms with E-state index in [0.717, 1.165) is 12.8 Å². The molecule has 2 rings (SSSR count). The second-order valence-corrected chi connectivity index (χ2v) is 6.37. The summed E-state index contributed by atoms with van der Waals surface area (Å²) in [5.74, 6) is -1.04. The molecule has 0 aromatic heterocycles. The molecule has 0 aromatic carbocycles. The molecule has 2 fully saturated rings. The average molecular weight is 270 g/mol. The van der Waals surface area contributed by atoms with E-state index in [1.165, 1.54) is 4.90 Å². The molecular weight excluding hydrogens is 248 g/mol. The van der Waals surface area contributed by atoms with Crippen LogP contribution in [-0.4, -0.2) is 63.8 Å². The SMILES string of the molecule is CC1(C)CCCN(C(=O)N2C[C@H](O)C[C@@H]2C(=O)O)C1. The Kier molecular flexibility index (Phi) is 3.71. The molecule has 6 heteroatoms. The lowest BCUT2D eigenvalue weighted by atomic mass is 9.84. The fourth-order valence-electron chi connectivity index (χ4n) is 3.03. The first-order valence-electron chi connectivity index (χ1n) is 6.76. The van der Waals surface area contributed by atoms with Gasteiger partial charge in [0.2, 0.25) is 0 Å². The average Bonchev–Trinajstić information content (AvgIpc) is 2.69. The summed E-state index contributed by atoms with van der Waals surface area (Å²) in [5.41, 5.74) is 0.0744. The molecule has 0 aromatic rings. The number of aliphatic hydroxyl groups excluding tert-OH is 1. The fraction of sp³-hybridized carbons (Fsp3) is 0.846. The third-order valence-corrected chi connectivity index (χ3v) is 3.98. The highest BCUT2D eigenvalue weighted by Crippen LogP contribution is 2.30. The van der Waals surface area contributed by atoms with Gasteiger partial charge < -0.3 is 20.0 Å². The van der Waals surface area contributed by atoms with Crippen molar-refractivity contribution in [3.63, 3.8) is 0 Å². The van der Waals surface area contributed by atoms with Gasteiger partial charge in [0.05, 0.1) is 6.10 Å². The predicted octanol–water partition coefficient (Wildman–Crippen LogP) is 0.748. The molecule has 2 aliphatic heterocycles. The third kappa shape index (κ3) is 3.00. The van der Waals surface area contributed by atoms with Crippen molar-refractivity contribution >= 4 is 12.0 Å². The highest BCUT2D eigenvalue weighted by molar-refractivity contribution is 5.83. The molecule has 2 saturated heterocycles. The van der Waals surface area contributed by atoms with Crippen LogP contribution in [0, 0.1) is 5.41 Å². The van der Waals surface area contributed by atoms with Gasteiger partial charge in [-0.1, -0.05) is 13.8 Å². The van der Waals surface area contributed by atoms with E-state index in [1.54, 1.807) is 4.90 Å². The number of nitrogens with zero attached hydrogens (tertiary/aromatic N) is 2. The maximum Gasteiger partial charge on any atom is 0.326 e. The summed E-state index contributed by atoms with van der Waals surface area (Å²) in [4.78, 5) is 26.6. The van der Waals surface area contributed by atoms with Gasteiger partial charge in [-0.2, -0.15) is 0 Å². The van der Waals surface area contributed by atoms with Gasteiger partial charge in [-0.25, -0.2) is 9.59 Å². The molecular formula is C13H22N2O4. The summed E-state index contributed by atoms with van der Waals surface area (Å²) >= 11 is 0. The molecule has 19 heavy (non-hydrogen) atoms. The summed E-state index contributed by atoms with van der Waals surface area (Å²) in [6.45, 7) is 5.65. The van der Waals surface area contributed by atoms with E-state index < -0.39 is 18.1 Å². The number of likely N-dealkylation sites (tertiary alicyclic amines) is 2. The van der Waals surface area contributed by atoms with Crippen LogP contribution in [0.4, 0.5) is 4.79 Å². The highest BCUT2D eigenvalue weighted by atomic mass is 16.4. The Hall–Kier alpha value is -1.30. The number of urea groups is 1. The van der Waals surface area contributed by atoms with Crippen molar-refractivity contribution in [1.29, 1.82) is 0 Å². The molecule has 0 aliphatic carbocycles. The minimum absolute atomic E-state index is 0.0744. The van der Waals surface area contributed by atoms with Crippen LogP contribution < -0.4 is 0 Å². The molecule has 2 amide bonds. The second kappa shape index (κ2) is 5.00. The summed E-state index contributed by atoms with van der Waals surface area (Å²) in [5, 5.41) is 18.7. The molecule has 0 bridgehead atoms. The lowest BCUT2D eigenvalue weighted by molar-refractivity contribution is -0.141. The highest BCUT2D eigenvalue weighted by Gasteiger charge is 2.42. The fourth-order valence-corrected chi connectivity index (χ4v) is 3.03. The lowest BCUT2D eigenvalue weighted by Crippen LogP contribution is -2.52. The molecule has 108 valence electrons. The van der Waals surface area contributed by atoms with Crippen molar-refractivity contribution in [2.24, 2.45) is 5.41 Å². The van der Waals surface area contributed by atoms with Crippen LogP contribution in [0.15, 0.2) is 0 Å². The second-order valence-electron chi connectivity index (χ2n) is 6.37. The Morgan fingerprint density at radius 2 is 2.00 bits per heavy atom. The zero-order valence-electron chi connectivity index (χ0n) is 11.5. The minimum Gasteiger partial charge on any atom is -0.480 e. The minimum atomic E-state index is -1.04. The van der Waals surface area contributed by atoms with Crippen molar-refractivity contribution in [1.82, 2.24) is 9.80 Å². The lowest BCUT2D eigenvalue weighted by Gasteiger charge is -2.40. The number of aliphatic carboxylic acids is 1. The van der Waals surface area contributed by atoms with Crippen molar-refractivity contribution < 1.29 is 19.8 Å². The molecule has 2 atom stereocenters. The maximum absolute atomic E-state index is 12.4. The maximum atomic E-state index is 12.4. The first-order chi connectivity index (χ1) is 8.80. The monoisotopic (exact) mass is 270 g/mol. The molecule has 2 aliphatic rings. The van der Waals surface area contributed by atoms with Gasteiger partial charge >= 0.3 is 12.0 Å². The predicted molar refractivity (Wildman–Crippen MR) is 68.7 cm³/mol. The summed E-state index contributed by atoms with van der Waals surface area (Å²) in [7, 11) is 0. The van der Waals surface area contributed by atoms with Crippen LogP contribution in [0.5, 0.6) is 0 Å². The molecule has 6 nitrogen and oxygen atoms in total.